The number of aromatic nitrogens is 1. The SMILES string of the molecule is COC(=O)c1c(NC(=O)c2c(C)noc2C)sc2c1CCCC2. The first-order chi connectivity index (χ1) is 11.0. The number of hydrogen-bond acceptors (Lipinski definition) is 6. The van der Waals surface area contributed by atoms with Crippen molar-refractivity contribution in [3.63, 3.8) is 0 Å². The lowest BCUT2D eigenvalue weighted by atomic mass is 9.95. The molecule has 122 valence electrons. The smallest absolute Gasteiger partial charge is 0.341 e. The monoisotopic (exact) mass is 334 g/mol. The van der Waals surface area contributed by atoms with Crippen molar-refractivity contribution < 1.29 is 18.8 Å². The number of hydrogen-bond donors (Lipinski definition) is 1. The number of nitrogens with zero attached hydrogens (tertiary/aromatic N) is 1. The predicted molar refractivity (Wildman–Crippen MR) is 86.2 cm³/mol. The number of thiophene rings is 1. The van der Waals surface area contributed by atoms with Gasteiger partial charge >= 0.3 is 5.97 Å². The average Bonchev–Trinajstić information content (AvgIpc) is 3.06. The first-order valence-electron chi connectivity index (χ1n) is 7.50. The number of amides is 1. The maximum absolute atomic E-state index is 12.5. The Morgan fingerprint density at radius 2 is 1.96 bits per heavy atom. The van der Waals surface area contributed by atoms with Crippen LogP contribution in [-0.4, -0.2) is 24.1 Å². The van der Waals surface area contributed by atoms with Crippen LogP contribution in [0.2, 0.25) is 0 Å². The highest BCUT2D eigenvalue weighted by Crippen LogP contribution is 2.38. The summed E-state index contributed by atoms with van der Waals surface area (Å²) in [5, 5.41) is 7.19. The van der Waals surface area contributed by atoms with E-state index < -0.39 is 5.97 Å². The van der Waals surface area contributed by atoms with Crippen molar-refractivity contribution in [2.24, 2.45) is 0 Å². The van der Waals surface area contributed by atoms with Crippen molar-refractivity contribution in [2.75, 3.05) is 12.4 Å². The Labute approximate surface area is 137 Å². The summed E-state index contributed by atoms with van der Waals surface area (Å²) in [5.41, 5.74) is 2.45. The maximum Gasteiger partial charge on any atom is 0.341 e. The van der Waals surface area contributed by atoms with E-state index >= 15 is 0 Å². The van der Waals surface area contributed by atoms with E-state index in [1.807, 2.05) is 0 Å². The summed E-state index contributed by atoms with van der Waals surface area (Å²) in [4.78, 5) is 25.9. The minimum atomic E-state index is -0.404. The summed E-state index contributed by atoms with van der Waals surface area (Å²) < 4.78 is 9.94. The molecular weight excluding hydrogens is 316 g/mol. The molecule has 1 N–H and O–H groups in total. The fourth-order valence-electron chi connectivity index (χ4n) is 2.94. The molecular formula is C16H18N2O4S. The van der Waals surface area contributed by atoms with Crippen molar-refractivity contribution in [2.45, 2.75) is 39.5 Å². The normalized spacial score (nSPS) is 13.5. The molecule has 2 aromatic rings. The van der Waals surface area contributed by atoms with E-state index in [0.717, 1.165) is 36.1 Å². The maximum atomic E-state index is 12.5. The molecule has 3 rings (SSSR count). The fourth-order valence-corrected chi connectivity index (χ4v) is 4.22. The van der Waals surface area contributed by atoms with E-state index in [-0.39, 0.29) is 5.91 Å². The van der Waals surface area contributed by atoms with Crippen LogP contribution in [0.15, 0.2) is 4.52 Å². The van der Waals surface area contributed by atoms with Crippen LogP contribution >= 0.6 is 11.3 Å². The first kappa shape index (κ1) is 15.7. The molecule has 0 fully saturated rings. The number of aryl methyl sites for hydroxylation is 3. The predicted octanol–water partition coefficient (Wildman–Crippen LogP) is 3.27. The van der Waals surface area contributed by atoms with E-state index in [2.05, 4.69) is 10.5 Å². The van der Waals surface area contributed by atoms with Gasteiger partial charge in [-0.15, -0.1) is 11.3 Å². The minimum Gasteiger partial charge on any atom is -0.465 e. The van der Waals surface area contributed by atoms with E-state index in [4.69, 9.17) is 9.26 Å². The highest BCUT2D eigenvalue weighted by Gasteiger charge is 2.28. The number of ether oxygens (including phenoxy) is 1. The van der Waals surface area contributed by atoms with Crippen molar-refractivity contribution >= 4 is 28.2 Å². The Hall–Kier alpha value is -2.15. The molecule has 7 heteroatoms. The minimum absolute atomic E-state index is 0.315. The summed E-state index contributed by atoms with van der Waals surface area (Å²) in [6.45, 7) is 3.40. The van der Waals surface area contributed by atoms with E-state index in [1.54, 1.807) is 13.8 Å². The van der Waals surface area contributed by atoms with Gasteiger partial charge in [0.2, 0.25) is 0 Å². The number of esters is 1. The molecule has 1 aliphatic carbocycles. The molecule has 0 unspecified atom stereocenters. The molecule has 0 saturated carbocycles. The number of carbonyl (C=O) groups is 2. The third-order valence-corrected chi connectivity index (χ3v) is 5.26. The van der Waals surface area contributed by atoms with Gasteiger partial charge in [0.15, 0.2) is 0 Å². The van der Waals surface area contributed by atoms with Crippen molar-refractivity contribution in [1.82, 2.24) is 5.16 Å². The van der Waals surface area contributed by atoms with Gasteiger partial charge in [-0.3, -0.25) is 4.79 Å². The topological polar surface area (TPSA) is 81.4 Å². The Kier molecular flexibility index (Phi) is 4.21. The number of rotatable bonds is 3. The van der Waals surface area contributed by atoms with Crippen LogP contribution in [0.5, 0.6) is 0 Å². The summed E-state index contributed by atoms with van der Waals surface area (Å²) >= 11 is 1.46. The molecule has 0 atom stereocenters. The standard InChI is InChI=1S/C16H18N2O4S/c1-8-12(9(2)22-18-8)14(19)17-15-13(16(20)21-3)10-6-4-5-7-11(10)23-15/h4-7H2,1-3H3,(H,17,19). The Morgan fingerprint density at radius 1 is 1.22 bits per heavy atom. The summed E-state index contributed by atoms with van der Waals surface area (Å²) in [6.07, 6.45) is 3.93. The zero-order chi connectivity index (χ0) is 16.6. The van der Waals surface area contributed by atoms with Crippen LogP contribution in [-0.2, 0) is 17.6 Å². The van der Waals surface area contributed by atoms with E-state index in [9.17, 15) is 9.59 Å². The second-order valence-corrected chi connectivity index (χ2v) is 6.67. The molecule has 0 bridgehead atoms. The van der Waals surface area contributed by atoms with Crippen molar-refractivity contribution in [1.29, 1.82) is 0 Å². The van der Waals surface area contributed by atoms with Gasteiger partial charge in [0.25, 0.3) is 5.91 Å². The number of methoxy groups -OCH3 is 1. The third kappa shape index (κ3) is 2.76. The highest BCUT2D eigenvalue weighted by atomic mass is 32.1. The number of fused-ring (bicyclic) bond motifs is 1. The van der Waals surface area contributed by atoms with Gasteiger partial charge in [0.05, 0.1) is 18.4 Å². The zero-order valence-corrected chi connectivity index (χ0v) is 14.1. The van der Waals surface area contributed by atoms with Crippen LogP contribution in [0, 0.1) is 13.8 Å². The van der Waals surface area contributed by atoms with Crippen molar-refractivity contribution in [3.8, 4) is 0 Å². The lowest BCUT2D eigenvalue weighted by molar-refractivity contribution is 0.0601. The average molecular weight is 334 g/mol. The van der Waals surface area contributed by atoms with Crippen LogP contribution in [0.1, 0.15) is 55.5 Å². The number of anilines is 1. The molecule has 1 amide bonds. The van der Waals surface area contributed by atoms with Gasteiger partial charge < -0.3 is 14.6 Å². The van der Waals surface area contributed by atoms with Gasteiger partial charge in [-0.1, -0.05) is 5.16 Å². The molecule has 0 radical (unpaired) electrons. The fraction of sp³-hybridized carbons (Fsp3) is 0.438. The lowest BCUT2D eigenvalue weighted by Crippen LogP contribution is -2.16. The molecule has 1 aliphatic rings. The second kappa shape index (κ2) is 6.16. The van der Waals surface area contributed by atoms with Crippen molar-refractivity contribution in [3.05, 3.63) is 33.0 Å². The zero-order valence-electron chi connectivity index (χ0n) is 13.3. The quantitative estimate of drug-likeness (QED) is 0.871. The number of nitrogens with one attached hydrogen (secondary N) is 1. The summed E-state index contributed by atoms with van der Waals surface area (Å²) in [5.74, 6) is -0.260. The molecule has 0 saturated heterocycles. The summed E-state index contributed by atoms with van der Waals surface area (Å²) in [6, 6.07) is 0. The molecule has 6 nitrogen and oxygen atoms in total. The molecule has 23 heavy (non-hydrogen) atoms. The highest BCUT2D eigenvalue weighted by molar-refractivity contribution is 7.17. The van der Waals surface area contributed by atoms with Gasteiger partial charge in [-0.25, -0.2) is 4.79 Å². The molecule has 2 aromatic heterocycles. The molecule has 0 aliphatic heterocycles. The number of carbonyl (C=O) groups excluding carboxylic acids is 2. The van der Waals surface area contributed by atoms with Gasteiger partial charge in [0, 0.05) is 4.88 Å². The van der Waals surface area contributed by atoms with E-state index in [1.165, 1.54) is 18.4 Å². The molecule has 2 heterocycles. The Morgan fingerprint density at radius 3 is 2.61 bits per heavy atom. The largest absolute Gasteiger partial charge is 0.465 e. The van der Waals surface area contributed by atoms with Crippen LogP contribution in [0.25, 0.3) is 0 Å². The Bertz CT molecular complexity index is 756. The van der Waals surface area contributed by atoms with Crippen LogP contribution < -0.4 is 5.32 Å². The van der Waals surface area contributed by atoms with Crippen LogP contribution in [0.4, 0.5) is 5.00 Å². The second-order valence-electron chi connectivity index (χ2n) is 5.56. The van der Waals surface area contributed by atoms with E-state index in [0.29, 0.717) is 27.6 Å². The Balaban J connectivity index is 1.98. The first-order valence-corrected chi connectivity index (χ1v) is 8.31. The van der Waals surface area contributed by atoms with Gasteiger partial charge in [-0.2, -0.15) is 0 Å². The summed E-state index contributed by atoms with van der Waals surface area (Å²) in [7, 11) is 1.36. The lowest BCUT2D eigenvalue weighted by Gasteiger charge is -2.11. The molecule has 0 spiro atoms. The van der Waals surface area contributed by atoms with Crippen LogP contribution in [0.3, 0.4) is 0 Å². The third-order valence-electron chi connectivity index (χ3n) is 4.05. The molecule has 0 aromatic carbocycles. The van der Waals surface area contributed by atoms with Gasteiger partial charge in [-0.05, 0) is 45.1 Å². The van der Waals surface area contributed by atoms with Gasteiger partial charge in [0.1, 0.15) is 16.3 Å².